The average Bonchev–Trinajstić information content (AvgIpc) is 2.98. The smallest absolute Gasteiger partial charge is 0.339 e. The molecule has 0 aliphatic carbocycles. The van der Waals surface area contributed by atoms with Gasteiger partial charge in [0.15, 0.2) is 0 Å². The predicted molar refractivity (Wildman–Crippen MR) is 83.6 cm³/mol. The Labute approximate surface area is 128 Å². The molecule has 22 heavy (non-hydrogen) atoms. The van der Waals surface area contributed by atoms with Gasteiger partial charge in [-0.3, -0.25) is 5.21 Å². The van der Waals surface area contributed by atoms with Crippen LogP contribution in [0.15, 0.2) is 46.9 Å². The third kappa shape index (κ3) is 4.01. The van der Waals surface area contributed by atoms with Crippen LogP contribution in [0.5, 0.6) is 0 Å². The molecular formula is C17H16N2O3. The van der Waals surface area contributed by atoms with Gasteiger partial charge in [-0.2, -0.15) is 5.06 Å². The Morgan fingerprint density at radius 1 is 1.32 bits per heavy atom. The lowest BCUT2D eigenvalue weighted by molar-refractivity contribution is -0.0591. The first kappa shape index (κ1) is 15.4. The maximum atomic E-state index is 10.9. The maximum Gasteiger partial charge on any atom is 0.339 e. The number of nitrogens with zero attached hydrogens (tertiary/aromatic N) is 1. The molecule has 3 N–H and O–H groups in total. The number of hydrogen-bond donors (Lipinski definition) is 2. The Balaban J connectivity index is 2.04. The van der Waals surface area contributed by atoms with Crippen molar-refractivity contribution >= 4 is 18.2 Å². The first-order chi connectivity index (χ1) is 10.6. The van der Waals surface area contributed by atoms with Crippen molar-refractivity contribution < 1.29 is 14.4 Å². The van der Waals surface area contributed by atoms with Crippen LogP contribution in [-0.2, 0) is 6.42 Å². The van der Waals surface area contributed by atoms with Crippen molar-refractivity contribution in [3.8, 4) is 12.3 Å². The number of primary amides is 1. The predicted octanol–water partition coefficient (Wildman–Crippen LogP) is 2.76. The Morgan fingerprint density at radius 3 is 2.68 bits per heavy atom. The Kier molecular flexibility index (Phi) is 5.02. The van der Waals surface area contributed by atoms with Gasteiger partial charge in [-0.25, -0.2) is 4.79 Å². The Bertz CT molecular complexity index is 698. The van der Waals surface area contributed by atoms with E-state index in [2.05, 4.69) is 5.92 Å². The minimum absolute atomic E-state index is 0.176. The summed E-state index contributed by atoms with van der Waals surface area (Å²) >= 11 is 0. The fraction of sp³-hybridized carbons (Fsp3) is 0.118. The number of urea groups is 1. The van der Waals surface area contributed by atoms with Gasteiger partial charge in [0.2, 0.25) is 0 Å². The van der Waals surface area contributed by atoms with Gasteiger partial charge in [-0.1, -0.05) is 42.3 Å². The summed E-state index contributed by atoms with van der Waals surface area (Å²) in [6, 6.07) is 11.5. The van der Waals surface area contributed by atoms with E-state index in [1.54, 1.807) is 12.1 Å². The molecule has 5 heteroatoms. The van der Waals surface area contributed by atoms with Crippen LogP contribution in [0.3, 0.4) is 0 Å². The lowest BCUT2D eigenvalue weighted by atomic mass is 10.2. The molecule has 0 fully saturated rings. The molecule has 0 aliphatic heterocycles. The van der Waals surface area contributed by atoms with Crippen LogP contribution < -0.4 is 5.73 Å². The number of amides is 2. The molecule has 2 rings (SSSR count). The summed E-state index contributed by atoms with van der Waals surface area (Å²) in [4.78, 5) is 10.9. The number of hydrogen-bond acceptors (Lipinski definition) is 3. The molecule has 1 aromatic heterocycles. The number of hydroxylamine groups is 2. The van der Waals surface area contributed by atoms with Crippen molar-refractivity contribution in [2.24, 2.45) is 5.73 Å². The van der Waals surface area contributed by atoms with E-state index < -0.39 is 12.1 Å². The zero-order chi connectivity index (χ0) is 15.9. The molecule has 1 aromatic carbocycles. The minimum atomic E-state index is -1.00. The normalized spacial score (nSPS) is 12.0. The van der Waals surface area contributed by atoms with Crippen LogP contribution in [0.1, 0.15) is 17.1 Å². The van der Waals surface area contributed by atoms with Crippen LogP contribution in [-0.4, -0.2) is 22.3 Å². The van der Waals surface area contributed by atoms with Crippen LogP contribution in [0, 0.1) is 12.3 Å². The molecule has 0 saturated heterocycles. The summed E-state index contributed by atoms with van der Waals surface area (Å²) in [6.07, 6.45) is 9.21. The van der Waals surface area contributed by atoms with Crippen molar-refractivity contribution in [1.29, 1.82) is 0 Å². The number of rotatable bonds is 5. The summed E-state index contributed by atoms with van der Waals surface area (Å²) in [7, 11) is 0. The first-order valence-electron chi connectivity index (χ1n) is 6.65. The summed E-state index contributed by atoms with van der Waals surface area (Å²) in [5.74, 6) is 3.50. The quantitative estimate of drug-likeness (QED) is 0.506. The highest BCUT2D eigenvalue weighted by Gasteiger charge is 2.19. The van der Waals surface area contributed by atoms with Crippen molar-refractivity contribution in [1.82, 2.24) is 5.06 Å². The molecule has 1 atom stereocenters. The maximum absolute atomic E-state index is 10.9. The Morgan fingerprint density at radius 2 is 2.05 bits per heavy atom. The van der Waals surface area contributed by atoms with Gasteiger partial charge < -0.3 is 10.2 Å². The molecule has 2 aromatic rings. The second kappa shape index (κ2) is 7.16. The monoisotopic (exact) mass is 296 g/mol. The highest BCUT2D eigenvalue weighted by Crippen LogP contribution is 2.15. The molecule has 1 unspecified atom stereocenters. The number of terminal acetylenes is 1. The standard InChI is InChI=1S/C17H16N2O3/c1-2-14(19(21)17(18)20)12-16-11-10-15(22-16)9-8-13-6-4-3-5-7-13/h1,3-11,14,21H,12H2,(H2,18,20)/b9-8+. The van der Waals surface area contributed by atoms with E-state index in [9.17, 15) is 10.0 Å². The molecule has 0 saturated carbocycles. The molecule has 2 amide bonds. The SMILES string of the molecule is C#CC(Cc1ccc(/C=C/c2ccccc2)o1)N(O)C(N)=O. The third-order valence-corrected chi connectivity index (χ3v) is 3.03. The van der Waals surface area contributed by atoms with Gasteiger partial charge in [0.25, 0.3) is 0 Å². The number of furan rings is 1. The highest BCUT2D eigenvalue weighted by atomic mass is 16.5. The summed E-state index contributed by atoms with van der Waals surface area (Å²) < 4.78 is 5.60. The van der Waals surface area contributed by atoms with Gasteiger partial charge in [-0.15, -0.1) is 6.42 Å². The van der Waals surface area contributed by atoms with Gasteiger partial charge in [0, 0.05) is 6.42 Å². The van der Waals surface area contributed by atoms with E-state index in [1.807, 2.05) is 42.5 Å². The average molecular weight is 296 g/mol. The lowest BCUT2D eigenvalue weighted by Crippen LogP contribution is -2.41. The van der Waals surface area contributed by atoms with E-state index in [4.69, 9.17) is 16.6 Å². The van der Waals surface area contributed by atoms with Gasteiger partial charge in [0.05, 0.1) is 0 Å². The molecule has 0 aliphatic rings. The number of nitrogens with two attached hydrogens (primary N) is 1. The fourth-order valence-electron chi connectivity index (χ4n) is 1.90. The largest absolute Gasteiger partial charge is 0.462 e. The topological polar surface area (TPSA) is 79.7 Å². The fourth-order valence-corrected chi connectivity index (χ4v) is 1.90. The summed E-state index contributed by atoms with van der Waals surface area (Å²) in [5.41, 5.74) is 6.04. The van der Waals surface area contributed by atoms with Gasteiger partial charge >= 0.3 is 6.03 Å². The molecule has 5 nitrogen and oxygen atoms in total. The molecule has 0 radical (unpaired) electrons. The van der Waals surface area contributed by atoms with Crippen LogP contribution >= 0.6 is 0 Å². The van der Waals surface area contributed by atoms with Crippen LogP contribution in [0.25, 0.3) is 12.2 Å². The third-order valence-electron chi connectivity index (χ3n) is 3.03. The first-order valence-corrected chi connectivity index (χ1v) is 6.65. The summed E-state index contributed by atoms with van der Waals surface area (Å²) in [5, 5.41) is 9.79. The Hall–Kier alpha value is -2.97. The molecule has 112 valence electrons. The van der Waals surface area contributed by atoms with Gasteiger partial charge in [-0.05, 0) is 23.8 Å². The lowest BCUT2D eigenvalue weighted by Gasteiger charge is -2.18. The van der Waals surface area contributed by atoms with E-state index in [0.717, 1.165) is 5.56 Å². The summed E-state index contributed by atoms with van der Waals surface area (Å²) in [6.45, 7) is 0. The molecule has 1 heterocycles. The van der Waals surface area contributed by atoms with Crippen molar-refractivity contribution in [2.75, 3.05) is 0 Å². The zero-order valence-corrected chi connectivity index (χ0v) is 11.8. The van der Waals surface area contributed by atoms with E-state index in [1.165, 1.54) is 0 Å². The van der Waals surface area contributed by atoms with Gasteiger partial charge in [0.1, 0.15) is 17.6 Å². The number of carbonyl (C=O) groups excluding carboxylic acids is 1. The second-order valence-corrected chi connectivity index (χ2v) is 4.62. The van der Waals surface area contributed by atoms with E-state index in [0.29, 0.717) is 16.6 Å². The van der Waals surface area contributed by atoms with Crippen molar-refractivity contribution in [3.05, 3.63) is 59.5 Å². The second-order valence-electron chi connectivity index (χ2n) is 4.62. The molecule has 0 spiro atoms. The van der Waals surface area contributed by atoms with Crippen molar-refractivity contribution in [3.63, 3.8) is 0 Å². The van der Waals surface area contributed by atoms with Crippen LogP contribution in [0.2, 0.25) is 0 Å². The zero-order valence-electron chi connectivity index (χ0n) is 11.8. The minimum Gasteiger partial charge on any atom is -0.462 e. The molecular weight excluding hydrogens is 280 g/mol. The molecule has 0 bridgehead atoms. The number of benzene rings is 1. The van der Waals surface area contributed by atoms with E-state index >= 15 is 0 Å². The number of carbonyl (C=O) groups is 1. The van der Waals surface area contributed by atoms with Crippen LogP contribution in [0.4, 0.5) is 4.79 Å². The van der Waals surface area contributed by atoms with E-state index in [-0.39, 0.29) is 6.42 Å². The van der Waals surface area contributed by atoms with Crippen molar-refractivity contribution in [2.45, 2.75) is 12.5 Å². The highest BCUT2D eigenvalue weighted by molar-refractivity contribution is 5.71.